The van der Waals surface area contributed by atoms with Gasteiger partial charge in [0.05, 0.1) is 12.2 Å². The molecule has 0 saturated heterocycles. The van der Waals surface area contributed by atoms with Crippen LogP contribution in [0.25, 0.3) is 0 Å². The molecule has 0 heterocycles. The first-order valence-corrected chi connectivity index (χ1v) is 5.44. The van der Waals surface area contributed by atoms with E-state index in [2.05, 4.69) is 33.0 Å². The van der Waals surface area contributed by atoms with Gasteiger partial charge in [0.2, 0.25) is 0 Å². The van der Waals surface area contributed by atoms with E-state index in [0.717, 1.165) is 26.0 Å². The largest absolute Gasteiger partial charge is 0.396 e. The molecule has 0 aromatic carbocycles. The van der Waals surface area contributed by atoms with Crippen LogP contribution in [-0.2, 0) is 4.74 Å². The topological polar surface area (TPSA) is 41.5 Å². The number of ether oxygens (including phenoxy) is 1. The van der Waals surface area contributed by atoms with Gasteiger partial charge in [-0.3, -0.25) is 0 Å². The smallest absolute Gasteiger partial charge is 0.0599 e. The number of aliphatic hydroxyl groups excluding tert-OH is 1. The molecule has 0 rings (SSSR count). The van der Waals surface area contributed by atoms with Crippen LogP contribution in [0.1, 0.15) is 40.5 Å². The van der Waals surface area contributed by atoms with Gasteiger partial charge in [0.15, 0.2) is 0 Å². The first-order valence-electron chi connectivity index (χ1n) is 5.44. The fraction of sp³-hybridized carbons (Fsp3) is 1.00. The second-order valence-corrected chi connectivity index (χ2v) is 4.68. The lowest BCUT2D eigenvalue weighted by molar-refractivity contribution is -0.00157. The average Bonchev–Trinajstić information content (AvgIpc) is 2.07. The minimum atomic E-state index is -0.0456. The lowest BCUT2D eigenvalue weighted by Gasteiger charge is -2.20. The van der Waals surface area contributed by atoms with Crippen LogP contribution in [0.4, 0.5) is 0 Å². The van der Waals surface area contributed by atoms with Crippen LogP contribution in [0.5, 0.6) is 0 Å². The molecule has 0 radical (unpaired) electrons. The Kier molecular flexibility index (Phi) is 7.15. The minimum Gasteiger partial charge on any atom is -0.396 e. The highest BCUT2D eigenvalue weighted by molar-refractivity contribution is 4.62. The second-order valence-electron chi connectivity index (χ2n) is 4.68. The summed E-state index contributed by atoms with van der Waals surface area (Å²) in [5.41, 5.74) is -0.0456. The molecule has 3 heteroatoms. The third kappa shape index (κ3) is 9.96. The lowest BCUT2D eigenvalue weighted by atomic mass is 10.2. The molecule has 2 N–H and O–H groups in total. The summed E-state index contributed by atoms with van der Waals surface area (Å²) >= 11 is 0. The highest BCUT2D eigenvalue weighted by Crippen LogP contribution is 2.05. The van der Waals surface area contributed by atoms with E-state index in [4.69, 9.17) is 9.84 Å². The highest BCUT2D eigenvalue weighted by Gasteiger charge is 2.09. The lowest BCUT2D eigenvalue weighted by Crippen LogP contribution is -2.32. The van der Waals surface area contributed by atoms with E-state index in [0.29, 0.717) is 6.04 Å². The Balaban J connectivity index is 3.27. The number of hydrogen-bond donors (Lipinski definition) is 2. The predicted octanol–water partition coefficient (Wildman–Crippen LogP) is 1.55. The van der Waals surface area contributed by atoms with Crippen molar-refractivity contribution in [2.75, 3.05) is 19.8 Å². The maximum absolute atomic E-state index is 8.64. The molecule has 86 valence electrons. The average molecular weight is 203 g/mol. The number of rotatable bonds is 7. The molecule has 0 fully saturated rings. The molecule has 3 nitrogen and oxygen atoms in total. The molecular weight excluding hydrogens is 178 g/mol. The molecule has 0 saturated carbocycles. The van der Waals surface area contributed by atoms with Crippen molar-refractivity contribution in [2.24, 2.45) is 0 Å². The zero-order chi connectivity index (χ0) is 11.0. The maximum Gasteiger partial charge on any atom is 0.0599 e. The summed E-state index contributed by atoms with van der Waals surface area (Å²) in [5.74, 6) is 0. The van der Waals surface area contributed by atoms with Gasteiger partial charge in [-0.05, 0) is 40.5 Å². The Hall–Kier alpha value is -0.120. The molecule has 1 unspecified atom stereocenters. The van der Waals surface area contributed by atoms with Gasteiger partial charge in [-0.2, -0.15) is 0 Å². The van der Waals surface area contributed by atoms with E-state index in [1.165, 1.54) is 0 Å². The highest BCUT2D eigenvalue weighted by atomic mass is 16.5. The van der Waals surface area contributed by atoms with E-state index in [9.17, 15) is 0 Å². The molecule has 1 atom stereocenters. The van der Waals surface area contributed by atoms with Crippen LogP contribution in [0.15, 0.2) is 0 Å². The molecule has 14 heavy (non-hydrogen) atoms. The van der Waals surface area contributed by atoms with Gasteiger partial charge in [-0.15, -0.1) is 0 Å². The van der Waals surface area contributed by atoms with Gasteiger partial charge in [0, 0.05) is 19.2 Å². The minimum absolute atomic E-state index is 0.0456. The standard InChI is InChI=1S/C11H25NO2/c1-10(6-5-8-13)12-7-9-14-11(2,3)4/h10,12-13H,5-9H2,1-4H3. The van der Waals surface area contributed by atoms with Crippen LogP contribution in [0, 0.1) is 0 Å². The molecule has 0 aromatic heterocycles. The zero-order valence-corrected chi connectivity index (χ0v) is 9.97. The number of nitrogens with one attached hydrogen (secondary N) is 1. The monoisotopic (exact) mass is 203 g/mol. The van der Waals surface area contributed by atoms with Crippen LogP contribution >= 0.6 is 0 Å². The first-order chi connectivity index (χ1) is 6.45. The van der Waals surface area contributed by atoms with E-state index in [1.54, 1.807) is 0 Å². The second kappa shape index (κ2) is 7.21. The predicted molar refractivity (Wildman–Crippen MR) is 59.5 cm³/mol. The fourth-order valence-corrected chi connectivity index (χ4v) is 1.16. The summed E-state index contributed by atoms with van der Waals surface area (Å²) in [5, 5.41) is 12.0. The van der Waals surface area contributed by atoms with Crippen molar-refractivity contribution in [1.82, 2.24) is 5.32 Å². The van der Waals surface area contributed by atoms with Crippen LogP contribution < -0.4 is 5.32 Å². The summed E-state index contributed by atoms with van der Waals surface area (Å²) < 4.78 is 5.57. The Morgan fingerprint density at radius 2 is 2.00 bits per heavy atom. The molecule has 0 bridgehead atoms. The van der Waals surface area contributed by atoms with E-state index in [1.807, 2.05) is 0 Å². The van der Waals surface area contributed by atoms with Crippen molar-refractivity contribution in [3.05, 3.63) is 0 Å². The Morgan fingerprint density at radius 1 is 1.36 bits per heavy atom. The van der Waals surface area contributed by atoms with Crippen molar-refractivity contribution in [3.63, 3.8) is 0 Å². The summed E-state index contributed by atoms with van der Waals surface area (Å²) in [6.07, 6.45) is 1.89. The first kappa shape index (κ1) is 13.9. The van der Waals surface area contributed by atoms with Crippen LogP contribution in [0.3, 0.4) is 0 Å². The van der Waals surface area contributed by atoms with Crippen molar-refractivity contribution >= 4 is 0 Å². The molecule has 0 spiro atoms. The number of aliphatic hydroxyl groups is 1. The van der Waals surface area contributed by atoms with Crippen molar-refractivity contribution in [1.29, 1.82) is 0 Å². The zero-order valence-electron chi connectivity index (χ0n) is 9.97. The van der Waals surface area contributed by atoms with Crippen LogP contribution in [-0.4, -0.2) is 36.5 Å². The normalized spacial score (nSPS) is 14.4. The van der Waals surface area contributed by atoms with Gasteiger partial charge in [0.1, 0.15) is 0 Å². The Labute approximate surface area is 87.8 Å². The van der Waals surface area contributed by atoms with Crippen LogP contribution in [0.2, 0.25) is 0 Å². The van der Waals surface area contributed by atoms with Gasteiger partial charge in [-0.25, -0.2) is 0 Å². The van der Waals surface area contributed by atoms with Crippen molar-refractivity contribution in [2.45, 2.75) is 52.2 Å². The molecule has 0 aliphatic heterocycles. The maximum atomic E-state index is 8.64. The molecular formula is C11H25NO2. The van der Waals surface area contributed by atoms with Crippen molar-refractivity contribution < 1.29 is 9.84 Å². The van der Waals surface area contributed by atoms with Gasteiger partial charge in [0.25, 0.3) is 0 Å². The Morgan fingerprint density at radius 3 is 2.50 bits per heavy atom. The summed E-state index contributed by atoms with van der Waals surface area (Å²) in [4.78, 5) is 0. The van der Waals surface area contributed by atoms with E-state index >= 15 is 0 Å². The van der Waals surface area contributed by atoms with Gasteiger partial charge in [-0.1, -0.05) is 0 Å². The van der Waals surface area contributed by atoms with Gasteiger partial charge < -0.3 is 15.2 Å². The molecule has 0 aliphatic rings. The SMILES string of the molecule is CC(CCCO)NCCOC(C)(C)C. The third-order valence-electron chi connectivity index (χ3n) is 1.93. The third-order valence-corrected chi connectivity index (χ3v) is 1.93. The summed E-state index contributed by atoms with van der Waals surface area (Å²) in [7, 11) is 0. The molecule has 0 amide bonds. The van der Waals surface area contributed by atoms with Gasteiger partial charge >= 0.3 is 0 Å². The van der Waals surface area contributed by atoms with E-state index < -0.39 is 0 Å². The Bertz CT molecular complexity index is 132. The summed E-state index contributed by atoms with van der Waals surface area (Å²) in [6.45, 7) is 10.2. The quantitative estimate of drug-likeness (QED) is 0.617. The molecule has 0 aromatic rings. The number of hydrogen-bond acceptors (Lipinski definition) is 3. The van der Waals surface area contributed by atoms with E-state index in [-0.39, 0.29) is 12.2 Å². The van der Waals surface area contributed by atoms with Crippen molar-refractivity contribution in [3.8, 4) is 0 Å². The molecule has 0 aliphatic carbocycles. The fourth-order valence-electron chi connectivity index (χ4n) is 1.16. The summed E-state index contributed by atoms with van der Waals surface area (Å²) in [6, 6.07) is 0.464.